The Bertz CT molecular complexity index is 1100. The Morgan fingerprint density at radius 3 is 2.79 bits per heavy atom. The monoisotopic (exact) mass is 584 g/mol. The fourth-order valence-corrected chi connectivity index (χ4v) is 5.53. The standard InChI is InChI=1S/C23H21N2O2S.Pt/c1-23(2)12-11-17-21(23)28-22(24-17)15-6-3-7-16(13-15)27-19-10-9-14-5-4-8-18(26)20(14)25-19;/h3-10,17,21,26H,11-12H2,1-2H3;/q-1;/t17-,21+;/m0./s1. The summed E-state index contributed by atoms with van der Waals surface area (Å²) in [5.41, 5.74) is 1.82. The molecule has 0 radical (unpaired) electrons. The van der Waals surface area contributed by atoms with Gasteiger partial charge < -0.3 is 14.8 Å². The summed E-state index contributed by atoms with van der Waals surface area (Å²) in [4.78, 5) is 9.40. The molecule has 0 saturated heterocycles. The zero-order valence-corrected chi connectivity index (χ0v) is 19.3. The Labute approximate surface area is 189 Å². The van der Waals surface area contributed by atoms with Crippen LogP contribution in [0.2, 0.25) is 0 Å². The maximum absolute atomic E-state index is 10.0. The van der Waals surface area contributed by atoms with E-state index in [1.807, 2.05) is 42.1 Å². The second kappa shape index (κ2) is 7.77. The molecule has 6 heteroatoms. The predicted molar refractivity (Wildman–Crippen MR) is 113 cm³/mol. The molecule has 0 unspecified atom stereocenters. The summed E-state index contributed by atoms with van der Waals surface area (Å²) in [5.74, 6) is 1.17. The van der Waals surface area contributed by atoms with Crippen LogP contribution >= 0.6 is 11.8 Å². The Kier molecular flexibility index (Phi) is 5.47. The number of aromatic nitrogens is 1. The first-order valence-electron chi connectivity index (χ1n) is 9.53. The van der Waals surface area contributed by atoms with Gasteiger partial charge >= 0.3 is 0 Å². The van der Waals surface area contributed by atoms with Crippen LogP contribution < -0.4 is 4.74 Å². The minimum Gasteiger partial charge on any atom is -0.506 e. The molecule has 2 aromatic carbocycles. The van der Waals surface area contributed by atoms with Crippen molar-refractivity contribution in [1.29, 1.82) is 0 Å². The van der Waals surface area contributed by atoms with Crippen LogP contribution in [0.4, 0.5) is 0 Å². The third-order valence-corrected chi connectivity index (χ3v) is 7.37. The molecule has 1 N–H and O–H groups in total. The fourth-order valence-electron chi connectivity index (χ4n) is 4.05. The van der Waals surface area contributed by atoms with Crippen LogP contribution in [-0.4, -0.2) is 26.4 Å². The molecule has 5 rings (SSSR count). The number of benzene rings is 2. The summed E-state index contributed by atoms with van der Waals surface area (Å²) in [6, 6.07) is 18.6. The van der Waals surface area contributed by atoms with Crippen molar-refractivity contribution >= 4 is 27.7 Å². The van der Waals surface area contributed by atoms with E-state index in [0.717, 1.165) is 22.4 Å². The van der Waals surface area contributed by atoms with Gasteiger partial charge in [-0.05, 0) is 30.4 Å². The Morgan fingerprint density at radius 2 is 1.97 bits per heavy atom. The van der Waals surface area contributed by atoms with E-state index in [9.17, 15) is 5.11 Å². The maximum atomic E-state index is 10.0. The number of aromatic hydroxyl groups is 1. The van der Waals surface area contributed by atoms with E-state index in [2.05, 4.69) is 24.9 Å². The zero-order valence-electron chi connectivity index (χ0n) is 16.2. The fraction of sp³-hybridized carbons (Fsp3) is 0.304. The molecule has 1 aromatic heterocycles. The molecule has 152 valence electrons. The Morgan fingerprint density at radius 1 is 1.14 bits per heavy atom. The second-order valence-corrected chi connectivity index (χ2v) is 9.23. The number of aliphatic imine (C=N–C) groups is 1. The quantitative estimate of drug-likeness (QED) is 0.409. The molecule has 3 aromatic rings. The number of phenols is 1. The van der Waals surface area contributed by atoms with Gasteiger partial charge in [0.15, 0.2) is 0 Å². The Hall–Kier alpha value is -1.84. The van der Waals surface area contributed by atoms with Crippen LogP contribution in [-0.2, 0) is 21.1 Å². The molecule has 0 bridgehead atoms. The molecule has 1 aliphatic carbocycles. The van der Waals surface area contributed by atoms with E-state index in [1.54, 1.807) is 18.2 Å². The van der Waals surface area contributed by atoms with Crippen LogP contribution in [0.25, 0.3) is 10.9 Å². The number of fused-ring (bicyclic) bond motifs is 2. The van der Waals surface area contributed by atoms with Gasteiger partial charge in [-0.1, -0.05) is 32.0 Å². The van der Waals surface area contributed by atoms with Gasteiger partial charge in [-0.2, -0.15) is 11.8 Å². The molecule has 4 nitrogen and oxygen atoms in total. The minimum atomic E-state index is 0. The summed E-state index contributed by atoms with van der Waals surface area (Å²) in [6.07, 6.45) is 2.40. The largest absolute Gasteiger partial charge is 0.506 e. The van der Waals surface area contributed by atoms with Gasteiger partial charge in [0.25, 0.3) is 0 Å². The van der Waals surface area contributed by atoms with E-state index in [-0.39, 0.29) is 26.8 Å². The molecule has 1 aliphatic heterocycles. The molecule has 0 spiro atoms. The van der Waals surface area contributed by atoms with E-state index < -0.39 is 0 Å². The molecule has 1 fully saturated rings. The molecule has 2 atom stereocenters. The number of thioether (sulfide) groups is 1. The van der Waals surface area contributed by atoms with Crippen molar-refractivity contribution in [2.75, 3.05) is 0 Å². The molecular weight excluding hydrogens is 563 g/mol. The van der Waals surface area contributed by atoms with Gasteiger partial charge in [0.1, 0.15) is 11.3 Å². The molecule has 1 saturated carbocycles. The minimum absolute atomic E-state index is 0. The van der Waals surface area contributed by atoms with Crippen molar-refractivity contribution < 1.29 is 30.9 Å². The molecule has 2 aliphatic rings. The molecule has 0 amide bonds. The molecular formula is C23H21N2O2PtS-. The number of rotatable bonds is 3. The Balaban J connectivity index is 0.00000205. The maximum Gasteiger partial charge on any atom is 0.217 e. The van der Waals surface area contributed by atoms with Crippen molar-refractivity contribution in [3.05, 3.63) is 60.2 Å². The summed E-state index contributed by atoms with van der Waals surface area (Å²) in [5, 5.41) is 12.5. The van der Waals surface area contributed by atoms with Crippen LogP contribution in [0, 0.1) is 11.5 Å². The normalized spacial score (nSPS) is 22.1. The van der Waals surface area contributed by atoms with Gasteiger partial charge in [0.2, 0.25) is 5.88 Å². The van der Waals surface area contributed by atoms with Crippen LogP contribution in [0.15, 0.2) is 53.5 Å². The van der Waals surface area contributed by atoms with Gasteiger partial charge in [0, 0.05) is 48.6 Å². The molecule has 2 heterocycles. The SMILES string of the molecule is CC1(C)CC[C@@H]2N=C(c3[c-]c(Oc4ccc5cccc(O)c5n4)ccc3)S[C@H]21.[Pt]. The average molecular weight is 585 g/mol. The summed E-state index contributed by atoms with van der Waals surface area (Å²) >= 11 is 1.87. The van der Waals surface area contributed by atoms with E-state index in [0.29, 0.717) is 33.9 Å². The van der Waals surface area contributed by atoms with Crippen molar-refractivity contribution in [3.63, 3.8) is 0 Å². The average Bonchev–Trinajstić information content (AvgIpc) is 3.24. The van der Waals surface area contributed by atoms with Gasteiger partial charge in [0.05, 0.1) is 6.04 Å². The summed E-state index contributed by atoms with van der Waals surface area (Å²) in [6.45, 7) is 4.68. The van der Waals surface area contributed by atoms with Crippen molar-refractivity contribution in [1.82, 2.24) is 4.98 Å². The van der Waals surface area contributed by atoms with Gasteiger partial charge in [-0.3, -0.25) is 0 Å². The summed E-state index contributed by atoms with van der Waals surface area (Å²) in [7, 11) is 0. The van der Waals surface area contributed by atoms with E-state index in [1.165, 1.54) is 6.42 Å². The van der Waals surface area contributed by atoms with Crippen molar-refractivity contribution in [2.24, 2.45) is 10.4 Å². The smallest absolute Gasteiger partial charge is 0.217 e. The number of hydrogen-bond donors (Lipinski definition) is 1. The van der Waals surface area contributed by atoms with Crippen LogP contribution in [0.3, 0.4) is 0 Å². The number of ether oxygens (including phenoxy) is 1. The number of nitrogens with zero attached hydrogens (tertiary/aromatic N) is 2. The second-order valence-electron chi connectivity index (χ2n) is 8.10. The summed E-state index contributed by atoms with van der Waals surface area (Å²) < 4.78 is 5.93. The third-order valence-electron chi connectivity index (χ3n) is 5.61. The van der Waals surface area contributed by atoms with Crippen molar-refractivity contribution in [3.8, 4) is 17.4 Å². The number of hydrogen-bond acceptors (Lipinski definition) is 5. The predicted octanol–water partition coefficient (Wildman–Crippen LogP) is 5.58. The van der Waals surface area contributed by atoms with Gasteiger partial charge in [-0.15, -0.1) is 23.8 Å². The van der Waals surface area contributed by atoms with E-state index >= 15 is 0 Å². The molecule has 29 heavy (non-hydrogen) atoms. The van der Waals surface area contributed by atoms with Crippen LogP contribution in [0.1, 0.15) is 32.3 Å². The number of pyridine rings is 1. The number of para-hydroxylation sites is 1. The topological polar surface area (TPSA) is 54.7 Å². The van der Waals surface area contributed by atoms with E-state index in [4.69, 9.17) is 9.73 Å². The van der Waals surface area contributed by atoms with Crippen LogP contribution in [0.5, 0.6) is 17.4 Å². The third kappa shape index (κ3) is 3.83. The first-order chi connectivity index (χ1) is 13.5. The number of phenolic OH excluding ortho intramolecular Hbond substituents is 1. The van der Waals surface area contributed by atoms with Gasteiger partial charge in [-0.25, -0.2) is 4.98 Å². The van der Waals surface area contributed by atoms with Crippen molar-refractivity contribution in [2.45, 2.75) is 38.0 Å². The first kappa shape index (κ1) is 20.4. The first-order valence-corrected chi connectivity index (χ1v) is 10.4. The zero-order chi connectivity index (χ0) is 19.3.